The van der Waals surface area contributed by atoms with Crippen LogP contribution in [0.1, 0.15) is 15.9 Å². The molecule has 0 bridgehead atoms. The second kappa shape index (κ2) is 8.31. The first kappa shape index (κ1) is 17.0. The van der Waals surface area contributed by atoms with E-state index in [2.05, 4.69) is 15.6 Å². The molecule has 25 heavy (non-hydrogen) atoms. The first-order chi connectivity index (χ1) is 12.2. The molecule has 0 aliphatic rings. The molecule has 0 aliphatic carbocycles. The maximum atomic E-state index is 12.3. The Morgan fingerprint density at radius 1 is 0.960 bits per heavy atom. The lowest BCUT2D eigenvalue weighted by molar-refractivity contribution is 0.102. The minimum absolute atomic E-state index is 0.181. The lowest BCUT2D eigenvalue weighted by Crippen LogP contribution is -2.13. The van der Waals surface area contributed by atoms with Gasteiger partial charge in [0.05, 0.1) is 11.3 Å². The summed E-state index contributed by atoms with van der Waals surface area (Å²) in [6.07, 6.45) is 4.13. The third kappa shape index (κ3) is 5.06. The molecule has 0 unspecified atom stereocenters. The van der Waals surface area contributed by atoms with Crippen LogP contribution in [0.25, 0.3) is 0 Å². The van der Waals surface area contributed by atoms with Crippen LogP contribution in [-0.2, 0) is 6.42 Å². The van der Waals surface area contributed by atoms with Gasteiger partial charge in [0.2, 0.25) is 0 Å². The molecule has 3 rings (SSSR count). The third-order valence-electron chi connectivity index (χ3n) is 3.69. The molecule has 2 aromatic carbocycles. The van der Waals surface area contributed by atoms with Crippen LogP contribution in [0.15, 0.2) is 73.1 Å². The highest BCUT2D eigenvalue weighted by molar-refractivity contribution is 6.30. The average Bonchev–Trinajstić information content (AvgIpc) is 2.64. The zero-order valence-electron chi connectivity index (χ0n) is 13.6. The quantitative estimate of drug-likeness (QED) is 0.680. The molecular formula is C20H18ClN3O. The SMILES string of the molecule is O=C(Nc1ccccc1)c1cncc(NCCc2ccc(Cl)cc2)c1. The zero-order valence-corrected chi connectivity index (χ0v) is 14.3. The highest BCUT2D eigenvalue weighted by atomic mass is 35.5. The first-order valence-electron chi connectivity index (χ1n) is 8.00. The van der Waals surface area contributed by atoms with E-state index in [0.29, 0.717) is 5.56 Å². The molecular weight excluding hydrogens is 334 g/mol. The van der Waals surface area contributed by atoms with Crippen LogP contribution >= 0.6 is 11.6 Å². The minimum atomic E-state index is -0.181. The number of aromatic nitrogens is 1. The number of carbonyl (C=O) groups is 1. The van der Waals surface area contributed by atoms with Crippen molar-refractivity contribution in [2.45, 2.75) is 6.42 Å². The van der Waals surface area contributed by atoms with E-state index in [1.54, 1.807) is 18.5 Å². The van der Waals surface area contributed by atoms with Gasteiger partial charge in [-0.1, -0.05) is 41.9 Å². The predicted molar refractivity (Wildman–Crippen MR) is 102 cm³/mol. The van der Waals surface area contributed by atoms with Crippen molar-refractivity contribution in [2.24, 2.45) is 0 Å². The second-order valence-corrected chi connectivity index (χ2v) is 6.02. The number of hydrogen-bond acceptors (Lipinski definition) is 3. The zero-order chi connectivity index (χ0) is 17.5. The Balaban J connectivity index is 1.57. The van der Waals surface area contributed by atoms with Gasteiger partial charge in [0.1, 0.15) is 0 Å². The van der Waals surface area contributed by atoms with Gasteiger partial charge in [-0.25, -0.2) is 0 Å². The van der Waals surface area contributed by atoms with Gasteiger partial charge in [0.25, 0.3) is 5.91 Å². The second-order valence-electron chi connectivity index (χ2n) is 5.59. The number of para-hydroxylation sites is 1. The van der Waals surface area contributed by atoms with Crippen molar-refractivity contribution in [3.63, 3.8) is 0 Å². The Kier molecular flexibility index (Phi) is 5.65. The van der Waals surface area contributed by atoms with E-state index in [4.69, 9.17) is 11.6 Å². The maximum Gasteiger partial charge on any atom is 0.257 e. The number of anilines is 2. The van der Waals surface area contributed by atoms with Crippen molar-refractivity contribution in [3.05, 3.63) is 89.2 Å². The third-order valence-corrected chi connectivity index (χ3v) is 3.94. The van der Waals surface area contributed by atoms with Gasteiger partial charge in [-0.15, -0.1) is 0 Å². The molecule has 0 radical (unpaired) electrons. The molecule has 2 N–H and O–H groups in total. The summed E-state index contributed by atoms with van der Waals surface area (Å²) in [4.78, 5) is 16.4. The van der Waals surface area contributed by atoms with Crippen LogP contribution < -0.4 is 10.6 Å². The van der Waals surface area contributed by atoms with Crippen LogP contribution in [0.4, 0.5) is 11.4 Å². The summed E-state index contributed by atoms with van der Waals surface area (Å²) in [6, 6.07) is 18.9. The molecule has 0 saturated carbocycles. The Morgan fingerprint density at radius 2 is 1.72 bits per heavy atom. The summed E-state index contributed by atoms with van der Waals surface area (Å²) in [5, 5.41) is 6.88. The van der Waals surface area contributed by atoms with E-state index in [1.807, 2.05) is 54.6 Å². The summed E-state index contributed by atoms with van der Waals surface area (Å²) in [6.45, 7) is 0.743. The Morgan fingerprint density at radius 3 is 2.48 bits per heavy atom. The Labute approximate surface area is 151 Å². The van der Waals surface area contributed by atoms with E-state index in [-0.39, 0.29) is 5.91 Å². The molecule has 1 aromatic heterocycles. The number of halogens is 1. The summed E-state index contributed by atoms with van der Waals surface area (Å²) >= 11 is 5.88. The predicted octanol–water partition coefficient (Wildman–Crippen LogP) is 4.64. The highest BCUT2D eigenvalue weighted by Crippen LogP contribution is 2.13. The molecule has 1 amide bonds. The largest absolute Gasteiger partial charge is 0.383 e. The molecule has 0 saturated heterocycles. The van der Waals surface area contributed by atoms with E-state index in [1.165, 1.54) is 5.56 Å². The number of nitrogens with one attached hydrogen (secondary N) is 2. The van der Waals surface area contributed by atoms with Gasteiger partial charge >= 0.3 is 0 Å². The maximum absolute atomic E-state index is 12.3. The number of benzene rings is 2. The van der Waals surface area contributed by atoms with Gasteiger partial charge in [-0.05, 0) is 42.3 Å². The monoisotopic (exact) mass is 351 g/mol. The molecule has 4 nitrogen and oxygen atoms in total. The fraction of sp³-hybridized carbons (Fsp3) is 0.100. The molecule has 5 heteroatoms. The molecule has 3 aromatic rings. The van der Waals surface area contributed by atoms with Crippen molar-refractivity contribution in [1.29, 1.82) is 0 Å². The topological polar surface area (TPSA) is 54.0 Å². The Hall–Kier alpha value is -2.85. The minimum Gasteiger partial charge on any atom is -0.383 e. The van der Waals surface area contributed by atoms with Crippen molar-refractivity contribution in [2.75, 3.05) is 17.2 Å². The van der Waals surface area contributed by atoms with E-state index >= 15 is 0 Å². The van der Waals surface area contributed by atoms with Crippen LogP contribution in [0.5, 0.6) is 0 Å². The molecule has 0 fully saturated rings. The van der Waals surface area contributed by atoms with Gasteiger partial charge in [-0.2, -0.15) is 0 Å². The fourth-order valence-electron chi connectivity index (χ4n) is 2.39. The van der Waals surface area contributed by atoms with Crippen molar-refractivity contribution < 1.29 is 4.79 Å². The highest BCUT2D eigenvalue weighted by Gasteiger charge is 2.07. The van der Waals surface area contributed by atoms with Crippen LogP contribution in [-0.4, -0.2) is 17.4 Å². The van der Waals surface area contributed by atoms with E-state index < -0.39 is 0 Å². The molecule has 0 spiro atoms. The van der Waals surface area contributed by atoms with E-state index in [0.717, 1.165) is 29.4 Å². The van der Waals surface area contributed by atoms with Crippen LogP contribution in [0, 0.1) is 0 Å². The number of carbonyl (C=O) groups excluding carboxylic acids is 1. The summed E-state index contributed by atoms with van der Waals surface area (Å²) in [5.74, 6) is -0.181. The average molecular weight is 352 g/mol. The van der Waals surface area contributed by atoms with Gasteiger partial charge in [0, 0.05) is 29.6 Å². The number of rotatable bonds is 6. The molecule has 126 valence electrons. The number of hydrogen-bond donors (Lipinski definition) is 2. The number of nitrogens with zero attached hydrogens (tertiary/aromatic N) is 1. The summed E-state index contributed by atoms with van der Waals surface area (Å²) < 4.78 is 0. The summed E-state index contributed by atoms with van der Waals surface area (Å²) in [5.41, 5.74) is 3.28. The summed E-state index contributed by atoms with van der Waals surface area (Å²) in [7, 11) is 0. The number of amides is 1. The lowest BCUT2D eigenvalue weighted by Gasteiger charge is -2.09. The van der Waals surface area contributed by atoms with Gasteiger partial charge in [-0.3, -0.25) is 9.78 Å². The first-order valence-corrected chi connectivity index (χ1v) is 8.38. The number of pyridine rings is 1. The smallest absolute Gasteiger partial charge is 0.257 e. The molecule has 0 atom stereocenters. The molecule has 1 heterocycles. The van der Waals surface area contributed by atoms with Crippen molar-refractivity contribution in [1.82, 2.24) is 4.98 Å². The van der Waals surface area contributed by atoms with E-state index in [9.17, 15) is 4.79 Å². The standard InChI is InChI=1S/C20H18ClN3O/c21-17-8-6-15(7-9-17)10-11-23-19-12-16(13-22-14-19)20(25)24-18-4-2-1-3-5-18/h1-9,12-14,23H,10-11H2,(H,24,25). The van der Waals surface area contributed by atoms with Gasteiger partial charge in [0.15, 0.2) is 0 Å². The van der Waals surface area contributed by atoms with Crippen molar-refractivity contribution >= 4 is 28.9 Å². The van der Waals surface area contributed by atoms with Crippen LogP contribution in [0.3, 0.4) is 0 Å². The Bertz CT molecular complexity index is 835. The lowest BCUT2D eigenvalue weighted by atomic mass is 10.1. The van der Waals surface area contributed by atoms with Crippen molar-refractivity contribution in [3.8, 4) is 0 Å². The normalized spacial score (nSPS) is 10.3. The molecule has 0 aliphatic heterocycles. The fourth-order valence-corrected chi connectivity index (χ4v) is 2.51. The van der Waals surface area contributed by atoms with Crippen LogP contribution in [0.2, 0.25) is 5.02 Å². The van der Waals surface area contributed by atoms with Gasteiger partial charge < -0.3 is 10.6 Å².